The molecular formula is C28H38N2O4. The molecule has 3 fully saturated rings. The van der Waals surface area contributed by atoms with Crippen LogP contribution in [0.2, 0.25) is 0 Å². The molecule has 1 saturated heterocycles. The molecule has 1 spiro atoms. The van der Waals surface area contributed by atoms with E-state index in [2.05, 4.69) is 11.5 Å². The molecule has 1 amide bonds. The molecule has 2 heterocycles. The molecule has 5 aliphatic rings. The first-order valence-corrected chi connectivity index (χ1v) is 13.3. The molecule has 0 radical (unpaired) electrons. The Morgan fingerprint density at radius 3 is 2.82 bits per heavy atom. The van der Waals surface area contributed by atoms with Gasteiger partial charge in [-0.2, -0.15) is 0 Å². The molecule has 6 nitrogen and oxygen atoms in total. The zero-order valence-electron chi connectivity index (χ0n) is 20.3. The lowest BCUT2D eigenvalue weighted by Gasteiger charge is -2.64. The molecule has 2 bridgehead atoms. The van der Waals surface area contributed by atoms with E-state index >= 15 is 0 Å². The molecule has 2 saturated carbocycles. The van der Waals surface area contributed by atoms with E-state index < -0.39 is 11.0 Å². The summed E-state index contributed by atoms with van der Waals surface area (Å²) in [5.41, 5.74) is 0.622. The van der Waals surface area contributed by atoms with E-state index in [1.807, 2.05) is 24.1 Å². The van der Waals surface area contributed by atoms with E-state index in [1.54, 1.807) is 6.07 Å². The standard InChI is InChI=1S/C28H38N2O4/c1-3-14-30-15-13-27-24-19-9-10-21(31)25(24)34-26(27)20(11-12-28(27,33)22(30)17-19)29(2)23(32)16-18-7-5-4-6-8-18/h3,9-10,18,20,22,26,31,33H,1,4-8,11-17H2,2H3/t20-,22+,26-,27-,28+/m0/s1. The van der Waals surface area contributed by atoms with Gasteiger partial charge in [-0.1, -0.05) is 31.4 Å². The minimum atomic E-state index is -0.950. The molecule has 2 aliphatic heterocycles. The van der Waals surface area contributed by atoms with Gasteiger partial charge in [0, 0.05) is 31.6 Å². The maximum Gasteiger partial charge on any atom is 0.222 e. The highest BCUT2D eigenvalue weighted by atomic mass is 16.5. The van der Waals surface area contributed by atoms with E-state index in [9.17, 15) is 15.0 Å². The van der Waals surface area contributed by atoms with Gasteiger partial charge in [0.2, 0.25) is 5.91 Å². The second kappa shape index (κ2) is 7.99. The van der Waals surface area contributed by atoms with Crippen LogP contribution in [0.4, 0.5) is 0 Å². The fourth-order valence-corrected chi connectivity index (χ4v) is 8.35. The topological polar surface area (TPSA) is 73.2 Å². The first-order chi connectivity index (χ1) is 16.4. The number of hydrogen-bond acceptors (Lipinski definition) is 5. The lowest BCUT2D eigenvalue weighted by atomic mass is 9.48. The van der Waals surface area contributed by atoms with Crippen molar-refractivity contribution in [2.45, 2.75) is 93.4 Å². The second-order valence-electron chi connectivity index (χ2n) is 11.5. The van der Waals surface area contributed by atoms with Crippen LogP contribution in [-0.4, -0.2) is 69.8 Å². The Bertz CT molecular complexity index is 1000. The van der Waals surface area contributed by atoms with Crippen LogP contribution in [0.1, 0.15) is 68.9 Å². The van der Waals surface area contributed by atoms with Gasteiger partial charge in [-0.05, 0) is 62.6 Å². The number of phenolic OH excluding ortho intramolecular Hbond substituents is 1. The van der Waals surface area contributed by atoms with Gasteiger partial charge in [0.05, 0.1) is 17.1 Å². The number of amides is 1. The normalized spacial score (nSPS) is 36.5. The molecule has 1 aromatic carbocycles. The van der Waals surface area contributed by atoms with Gasteiger partial charge in [0.25, 0.3) is 0 Å². The van der Waals surface area contributed by atoms with Crippen LogP contribution in [0.5, 0.6) is 11.5 Å². The molecule has 0 aromatic heterocycles. The first-order valence-electron chi connectivity index (χ1n) is 13.3. The van der Waals surface area contributed by atoms with Gasteiger partial charge in [-0.25, -0.2) is 0 Å². The number of likely N-dealkylation sites (N-methyl/N-ethyl adjacent to an activating group) is 1. The smallest absolute Gasteiger partial charge is 0.222 e. The minimum Gasteiger partial charge on any atom is -0.504 e. The van der Waals surface area contributed by atoms with E-state index in [-0.39, 0.29) is 29.8 Å². The highest BCUT2D eigenvalue weighted by Crippen LogP contribution is 2.65. The number of rotatable bonds is 5. The van der Waals surface area contributed by atoms with E-state index in [0.29, 0.717) is 30.9 Å². The minimum absolute atomic E-state index is 0.0162. The number of nitrogens with zero attached hydrogens (tertiary/aromatic N) is 2. The summed E-state index contributed by atoms with van der Waals surface area (Å²) in [5.74, 6) is 1.36. The van der Waals surface area contributed by atoms with Crippen molar-refractivity contribution in [1.82, 2.24) is 9.80 Å². The Morgan fingerprint density at radius 2 is 2.06 bits per heavy atom. The van der Waals surface area contributed by atoms with Crippen molar-refractivity contribution in [2.24, 2.45) is 5.92 Å². The van der Waals surface area contributed by atoms with Gasteiger partial charge < -0.3 is 19.8 Å². The third-order valence-corrected chi connectivity index (χ3v) is 9.98. The van der Waals surface area contributed by atoms with Crippen molar-refractivity contribution in [3.05, 3.63) is 35.9 Å². The second-order valence-corrected chi connectivity index (χ2v) is 11.5. The Balaban J connectivity index is 1.38. The van der Waals surface area contributed by atoms with Crippen LogP contribution in [-0.2, 0) is 16.6 Å². The van der Waals surface area contributed by atoms with Crippen LogP contribution in [0.15, 0.2) is 24.8 Å². The average molecular weight is 467 g/mol. The highest BCUT2D eigenvalue weighted by molar-refractivity contribution is 5.77. The molecule has 3 aliphatic carbocycles. The lowest BCUT2D eigenvalue weighted by molar-refractivity contribution is -0.198. The molecule has 0 unspecified atom stereocenters. The number of ether oxygens (including phenoxy) is 1. The third kappa shape index (κ3) is 2.91. The van der Waals surface area contributed by atoms with Crippen LogP contribution >= 0.6 is 0 Å². The van der Waals surface area contributed by atoms with Crippen LogP contribution in [0.25, 0.3) is 0 Å². The molecule has 6 rings (SSSR count). The first kappa shape index (κ1) is 22.4. The quantitative estimate of drug-likeness (QED) is 0.650. The van der Waals surface area contributed by atoms with Gasteiger partial charge in [0.1, 0.15) is 6.10 Å². The summed E-state index contributed by atoms with van der Waals surface area (Å²) in [7, 11) is 1.93. The maximum absolute atomic E-state index is 13.4. The Kier molecular flexibility index (Phi) is 5.27. The van der Waals surface area contributed by atoms with Crippen LogP contribution in [0.3, 0.4) is 0 Å². The number of likely N-dealkylation sites (tertiary alicyclic amines) is 1. The van der Waals surface area contributed by atoms with Crippen molar-refractivity contribution in [2.75, 3.05) is 20.1 Å². The number of phenols is 1. The van der Waals surface area contributed by atoms with Crippen LogP contribution < -0.4 is 4.74 Å². The molecule has 1 aromatic rings. The number of aromatic hydroxyl groups is 1. The summed E-state index contributed by atoms with van der Waals surface area (Å²) < 4.78 is 6.60. The molecule has 184 valence electrons. The highest BCUT2D eigenvalue weighted by Gasteiger charge is 2.73. The zero-order valence-corrected chi connectivity index (χ0v) is 20.3. The van der Waals surface area contributed by atoms with Crippen molar-refractivity contribution in [1.29, 1.82) is 0 Å². The molecule has 34 heavy (non-hydrogen) atoms. The Labute approximate surface area is 202 Å². The summed E-state index contributed by atoms with van der Waals surface area (Å²) in [4.78, 5) is 17.7. The van der Waals surface area contributed by atoms with Crippen molar-refractivity contribution in [3.63, 3.8) is 0 Å². The number of piperidine rings is 1. The third-order valence-electron chi connectivity index (χ3n) is 9.98. The molecule has 6 heteroatoms. The Morgan fingerprint density at radius 1 is 1.26 bits per heavy atom. The fourth-order valence-electron chi connectivity index (χ4n) is 8.35. The summed E-state index contributed by atoms with van der Waals surface area (Å²) in [6.45, 7) is 5.54. The van der Waals surface area contributed by atoms with Gasteiger partial charge >= 0.3 is 0 Å². The lowest BCUT2D eigenvalue weighted by Crippen LogP contribution is -2.78. The van der Waals surface area contributed by atoms with Gasteiger partial charge in [-0.15, -0.1) is 6.58 Å². The molecule has 5 atom stereocenters. The summed E-state index contributed by atoms with van der Waals surface area (Å²) in [5, 5.41) is 23.2. The largest absolute Gasteiger partial charge is 0.504 e. The predicted molar refractivity (Wildman–Crippen MR) is 130 cm³/mol. The van der Waals surface area contributed by atoms with Crippen molar-refractivity contribution in [3.8, 4) is 11.5 Å². The number of benzene rings is 1. The van der Waals surface area contributed by atoms with Crippen LogP contribution in [0, 0.1) is 5.92 Å². The number of carbonyl (C=O) groups is 1. The zero-order chi connectivity index (χ0) is 23.7. The van der Waals surface area contributed by atoms with E-state index in [4.69, 9.17) is 4.74 Å². The monoisotopic (exact) mass is 466 g/mol. The van der Waals surface area contributed by atoms with E-state index in [1.165, 1.54) is 19.3 Å². The summed E-state index contributed by atoms with van der Waals surface area (Å²) in [6.07, 6.45) is 11.1. The average Bonchev–Trinajstić information content (AvgIpc) is 3.18. The SMILES string of the molecule is C=CCN1CC[C@]23c4c5ccc(O)c4O[C@H]2[C@@H](N(C)C(=O)CC2CCCCC2)CC[C@@]3(O)[C@H]1C5. The number of carbonyl (C=O) groups excluding carboxylic acids is 1. The summed E-state index contributed by atoms with van der Waals surface area (Å²) in [6, 6.07) is 3.61. The number of hydrogen-bond donors (Lipinski definition) is 2. The maximum atomic E-state index is 13.4. The fraction of sp³-hybridized carbons (Fsp3) is 0.679. The van der Waals surface area contributed by atoms with Gasteiger partial charge in [0.15, 0.2) is 11.5 Å². The number of aliphatic hydroxyl groups is 1. The van der Waals surface area contributed by atoms with E-state index in [0.717, 1.165) is 49.9 Å². The predicted octanol–water partition coefficient (Wildman–Crippen LogP) is 3.53. The van der Waals surface area contributed by atoms with Gasteiger partial charge in [-0.3, -0.25) is 9.69 Å². The van der Waals surface area contributed by atoms with Crippen molar-refractivity contribution < 1.29 is 19.7 Å². The Hall–Kier alpha value is -2.05. The van der Waals surface area contributed by atoms with Crippen molar-refractivity contribution >= 4 is 5.91 Å². The molecule has 2 N–H and O–H groups in total. The molecular weight excluding hydrogens is 428 g/mol. The summed E-state index contributed by atoms with van der Waals surface area (Å²) >= 11 is 0.